The Morgan fingerprint density at radius 1 is 1.10 bits per heavy atom. The maximum Gasteiger partial charge on any atom is 0.162 e. The lowest BCUT2D eigenvalue weighted by atomic mass is 10.2. The van der Waals surface area contributed by atoms with Crippen LogP contribution in [0.15, 0.2) is 55.0 Å². The van der Waals surface area contributed by atoms with E-state index < -0.39 is 0 Å². The van der Waals surface area contributed by atoms with E-state index in [1.165, 1.54) is 6.07 Å². The van der Waals surface area contributed by atoms with Gasteiger partial charge >= 0.3 is 0 Å². The molecule has 2 aromatic heterocycles. The van der Waals surface area contributed by atoms with Crippen LogP contribution in [0.25, 0.3) is 5.82 Å². The number of hydrogen-bond acceptors (Lipinski definition) is 5. The van der Waals surface area contributed by atoms with E-state index >= 15 is 0 Å². The van der Waals surface area contributed by atoms with Crippen molar-refractivity contribution in [2.45, 2.75) is 6.54 Å². The summed E-state index contributed by atoms with van der Waals surface area (Å²) in [6.07, 6.45) is 5.20. The second-order valence-electron chi connectivity index (χ2n) is 4.49. The summed E-state index contributed by atoms with van der Waals surface area (Å²) in [5, 5.41) is 26.4. The van der Waals surface area contributed by atoms with Crippen molar-refractivity contribution >= 4 is 5.69 Å². The number of aromatic hydroxyl groups is 2. The van der Waals surface area contributed by atoms with Crippen LogP contribution in [0.4, 0.5) is 5.69 Å². The summed E-state index contributed by atoms with van der Waals surface area (Å²) in [7, 11) is 0. The molecule has 1 aromatic carbocycles. The average molecular weight is 282 g/mol. The number of nitrogens with one attached hydrogen (secondary N) is 1. The van der Waals surface area contributed by atoms with Crippen LogP contribution in [-0.4, -0.2) is 25.0 Å². The minimum atomic E-state index is -0.124. The first-order valence-electron chi connectivity index (χ1n) is 6.44. The highest BCUT2D eigenvalue weighted by atomic mass is 16.3. The van der Waals surface area contributed by atoms with Crippen molar-refractivity contribution in [3.63, 3.8) is 0 Å². The Bertz CT molecular complexity index is 724. The van der Waals surface area contributed by atoms with E-state index in [1.54, 1.807) is 29.2 Å². The summed E-state index contributed by atoms with van der Waals surface area (Å²) < 4.78 is 1.67. The highest BCUT2D eigenvalue weighted by Gasteiger charge is 2.05. The van der Waals surface area contributed by atoms with Gasteiger partial charge in [0.15, 0.2) is 17.3 Å². The normalized spacial score (nSPS) is 10.5. The van der Waals surface area contributed by atoms with Gasteiger partial charge in [-0.3, -0.25) is 0 Å². The van der Waals surface area contributed by atoms with Crippen molar-refractivity contribution in [1.82, 2.24) is 14.8 Å². The lowest BCUT2D eigenvalue weighted by Crippen LogP contribution is -2.02. The van der Waals surface area contributed by atoms with Crippen LogP contribution >= 0.6 is 0 Å². The molecule has 0 aliphatic rings. The maximum absolute atomic E-state index is 9.73. The summed E-state index contributed by atoms with van der Waals surface area (Å²) in [5.74, 6) is 0.498. The summed E-state index contributed by atoms with van der Waals surface area (Å²) >= 11 is 0. The third-order valence-corrected chi connectivity index (χ3v) is 3.07. The van der Waals surface area contributed by atoms with E-state index in [2.05, 4.69) is 15.4 Å². The molecule has 3 rings (SSSR count). The summed E-state index contributed by atoms with van der Waals surface area (Å²) in [5.41, 5.74) is 1.43. The van der Waals surface area contributed by atoms with E-state index in [0.29, 0.717) is 12.1 Å². The number of aromatic nitrogens is 3. The predicted octanol–water partition coefficient (Wildman–Crippen LogP) is 2.29. The molecule has 6 heteroatoms. The summed E-state index contributed by atoms with van der Waals surface area (Å²) in [6, 6.07) is 10.4. The zero-order chi connectivity index (χ0) is 14.7. The number of anilines is 1. The van der Waals surface area contributed by atoms with Gasteiger partial charge in [-0.2, -0.15) is 5.10 Å². The number of pyridine rings is 1. The van der Waals surface area contributed by atoms with Gasteiger partial charge in [-0.25, -0.2) is 9.67 Å². The molecule has 0 aliphatic carbocycles. The van der Waals surface area contributed by atoms with Crippen LogP contribution in [0, 0.1) is 0 Å². The molecular weight excluding hydrogens is 268 g/mol. The van der Waals surface area contributed by atoms with E-state index in [1.807, 2.05) is 24.4 Å². The lowest BCUT2D eigenvalue weighted by molar-refractivity contribution is 0.400. The topological polar surface area (TPSA) is 83.2 Å². The highest BCUT2D eigenvalue weighted by molar-refractivity contribution is 5.48. The van der Waals surface area contributed by atoms with Gasteiger partial charge in [-0.15, -0.1) is 0 Å². The van der Waals surface area contributed by atoms with Crippen LogP contribution in [0.3, 0.4) is 0 Å². The number of para-hydroxylation sites is 1. The molecule has 6 nitrogen and oxygen atoms in total. The molecule has 2 heterocycles. The number of hydrogen-bond donors (Lipinski definition) is 3. The molecule has 0 fully saturated rings. The molecule has 0 amide bonds. The molecule has 0 atom stereocenters. The van der Waals surface area contributed by atoms with Crippen LogP contribution in [0.2, 0.25) is 0 Å². The van der Waals surface area contributed by atoms with Gasteiger partial charge in [0.2, 0.25) is 0 Å². The number of phenolic OH excluding ortho intramolecular Hbond substituents is 2. The van der Waals surface area contributed by atoms with Gasteiger partial charge in [0.05, 0.1) is 11.9 Å². The molecule has 0 unspecified atom stereocenters. The Morgan fingerprint density at radius 3 is 2.71 bits per heavy atom. The SMILES string of the molecule is Oc1cccc(CNc2ccc(-n3cccn3)nc2)c1O. The fraction of sp³-hybridized carbons (Fsp3) is 0.0667. The number of benzene rings is 1. The zero-order valence-electron chi connectivity index (χ0n) is 11.1. The van der Waals surface area contributed by atoms with Gasteiger partial charge in [-0.1, -0.05) is 12.1 Å². The third kappa shape index (κ3) is 2.79. The second kappa shape index (κ2) is 5.54. The number of nitrogens with zero attached hydrogens (tertiary/aromatic N) is 3. The smallest absolute Gasteiger partial charge is 0.162 e. The number of rotatable bonds is 4. The molecule has 106 valence electrons. The third-order valence-electron chi connectivity index (χ3n) is 3.07. The Hall–Kier alpha value is -3.02. The number of phenols is 2. The second-order valence-corrected chi connectivity index (χ2v) is 4.49. The molecule has 3 aromatic rings. The molecule has 0 spiro atoms. The summed E-state index contributed by atoms with van der Waals surface area (Å²) in [4.78, 5) is 4.30. The van der Waals surface area contributed by atoms with Crippen molar-refractivity contribution in [3.8, 4) is 17.3 Å². The molecule has 3 N–H and O–H groups in total. The lowest BCUT2D eigenvalue weighted by Gasteiger charge is -2.09. The molecular formula is C15H14N4O2. The fourth-order valence-corrected chi connectivity index (χ4v) is 1.95. The van der Waals surface area contributed by atoms with E-state index in [-0.39, 0.29) is 11.5 Å². The van der Waals surface area contributed by atoms with Crippen molar-refractivity contribution in [2.75, 3.05) is 5.32 Å². The molecule has 0 aliphatic heterocycles. The first-order chi connectivity index (χ1) is 10.2. The molecule has 0 bridgehead atoms. The standard InChI is InChI=1S/C15H14N4O2/c20-13-4-1-3-11(15(13)21)9-16-12-5-6-14(17-10-12)19-8-2-7-18-19/h1-8,10,16,20-21H,9H2. The molecule has 0 radical (unpaired) electrons. The van der Waals surface area contributed by atoms with Gasteiger partial charge < -0.3 is 15.5 Å². The van der Waals surface area contributed by atoms with Crippen LogP contribution in [0.1, 0.15) is 5.56 Å². The van der Waals surface area contributed by atoms with Crippen molar-refractivity contribution in [1.29, 1.82) is 0 Å². The van der Waals surface area contributed by atoms with Crippen molar-refractivity contribution < 1.29 is 10.2 Å². The maximum atomic E-state index is 9.73. The quantitative estimate of drug-likeness (QED) is 0.639. The van der Waals surface area contributed by atoms with E-state index in [4.69, 9.17) is 0 Å². The summed E-state index contributed by atoms with van der Waals surface area (Å²) in [6.45, 7) is 0.392. The monoisotopic (exact) mass is 282 g/mol. The predicted molar refractivity (Wildman–Crippen MR) is 78.5 cm³/mol. The first kappa shape index (κ1) is 13.0. The average Bonchev–Trinajstić information content (AvgIpc) is 3.04. The van der Waals surface area contributed by atoms with Crippen LogP contribution in [0.5, 0.6) is 11.5 Å². The Kier molecular flexibility index (Phi) is 3.42. The Morgan fingerprint density at radius 2 is 2.00 bits per heavy atom. The molecule has 0 saturated carbocycles. The minimum Gasteiger partial charge on any atom is -0.504 e. The zero-order valence-corrected chi connectivity index (χ0v) is 11.1. The van der Waals surface area contributed by atoms with E-state index in [9.17, 15) is 10.2 Å². The van der Waals surface area contributed by atoms with Gasteiger partial charge in [0.25, 0.3) is 0 Å². The first-order valence-corrected chi connectivity index (χ1v) is 6.44. The van der Waals surface area contributed by atoms with Gasteiger partial charge in [0.1, 0.15) is 0 Å². The molecule has 21 heavy (non-hydrogen) atoms. The van der Waals surface area contributed by atoms with Crippen molar-refractivity contribution in [2.24, 2.45) is 0 Å². The minimum absolute atomic E-state index is 0.105. The van der Waals surface area contributed by atoms with E-state index in [0.717, 1.165) is 11.5 Å². The Balaban J connectivity index is 1.70. The highest BCUT2D eigenvalue weighted by Crippen LogP contribution is 2.28. The van der Waals surface area contributed by atoms with Gasteiger partial charge in [0, 0.05) is 24.5 Å². The fourth-order valence-electron chi connectivity index (χ4n) is 1.95. The van der Waals surface area contributed by atoms with Crippen LogP contribution in [-0.2, 0) is 6.54 Å². The van der Waals surface area contributed by atoms with Crippen molar-refractivity contribution in [3.05, 3.63) is 60.6 Å². The van der Waals surface area contributed by atoms with Gasteiger partial charge in [-0.05, 0) is 24.3 Å². The Labute approximate surface area is 121 Å². The largest absolute Gasteiger partial charge is 0.504 e. The molecule has 0 saturated heterocycles. The van der Waals surface area contributed by atoms with Crippen LogP contribution < -0.4 is 5.32 Å².